The van der Waals surface area contributed by atoms with E-state index < -0.39 is 0 Å². The highest BCUT2D eigenvalue weighted by molar-refractivity contribution is 5.36. The van der Waals surface area contributed by atoms with Gasteiger partial charge in [-0.3, -0.25) is 0 Å². The zero-order valence-electron chi connectivity index (χ0n) is 17.8. The summed E-state index contributed by atoms with van der Waals surface area (Å²) >= 11 is 0. The van der Waals surface area contributed by atoms with Crippen molar-refractivity contribution in [2.45, 2.75) is 109 Å². The molecule has 2 heterocycles. The molecule has 1 saturated heterocycles. The molecule has 2 unspecified atom stereocenters. The number of hydrogen-bond acceptors (Lipinski definition) is 2. The molecule has 2 atom stereocenters. The van der Waals surface area contributed by atoms with Crippen LogP contribution in [0.1, 0.15) is 96.5 Å². The molecular weight excluding hydrogens is 330 g/mol. The van der Waals surface area contributed by atoms with Crippen LogP contribution in [0.3, 0.4) is 0 Å². The lowest BCUT2D eigenvalue weighted by molar-refractivity contribution is 0.0123. The van der Waals surface area contributed by atoms with Gasteiger partial charge in [-0.15, -0.1) is 0 Å². The van der Waals surface area contributed by atoms with E-state index in [0.29, 0.717) is 6.04 Å². The first-order valence-electron chi connectivity index (χ1n) is 11.7. The number of benzene rings is 1. The van der Waals surface area contributed by atoms with Gasteiger partial charge in [0.15, 0.2) is 0 Å². The highest BCUT2D eigenvalue weighted by atomic mass is 16.5. The van der Waals surface area contributed by atoms with E-state index in [-0.39, 0.29) is 5.60 Å². The number of rotatable bonds is 10. The minimum absolute atomic E-state index is 0.00869. The van der Waals surface area contributed by atoms with Crippen LogP contribution in [0.2, 0.25) is 0 Å². The number of ether oxygens (including phenoxy) is 1. The van der Waals surface area contributed by atoms with Crippen molar-refractivity contribution in [3.05, 3.63) is 29.8 Å². The number of piperidine rings is 1. The number of unbranched alkanes of at least 4 members (excludes halogenated alkanes) is 6. The normalized spacial score (nSPS) is 25.8. The molecule has 2 aliphatic heterocycles. The zero-order chi connectivity index (χ0) is 19.0. The van der Waals surface area contributed by atoms with Gasteiger partial charge in [0.1, 0.15) is 11.4 Å². The van der Waals surface area contributed by atoms with Gasteiger partial charge in [0.25, 0.3) is 0 Å². The van der Waals surface area contributed by atoms with Crippen LogP contribution in [-0.4, -0.2) is 29.6 Å². The third-order valence-electron chi connectivity index (χ3n) is 6.72. The fourth-order valence-electron chi connectivity index (χ4n) is 5.03. The summed E-state index contributed by atoms with van der Waals surface area (Å²) in [7, 11) is 0. The monoisotopic (exact) mass is 371 g/mol. The first-order chi connectivity index (χ1) is 13.2. The molecule has 2 aliphatic rings. The van der Waals surface area contributed by atoms with Crippen LogP contribution < -0.4 is 4.74 Å². The van der Waals surface area contributed by atoms with Gasteiger partial charge in [-0.2, -0.15) is 0 Å². The maximum absolute atomic E-state index is 6.52. The van der Waals surface area contributed by atoms with E-state index in [2.05, 4.69) is 43.0 Å². The second kappa shape index (κ2) is 10.5. The minimum Gasteiger partial charge on any atom is -0.487 e. The molecule has 1 fully saturated rings. The lowest BCUT2D eigenvalue weighted by Gasteiger charge is -2.43. The number of para-hydroxylation sites is 1. The Kier molecular flexibility index (Phi) is 8.06. The number of nitrogens with zero attached hydrogens (tertiary/aromatic N) is 1. The molecule has 0 aliphatic carbocycles. The van der Waals surface area contributed by atoms with Crippen LogP contribution in [0.5, 0.6) is 5.75 Å². The lowest BCUT2D eigenvalue weighted by Crippen LogP contribution is -2.47. The van der Waals surface area contributed by atoms with Gasteiger partial charge in [-0.25, -0.2) is 0 Å². The van der Waals surface area contributed by atoms with Crippen molar-refractivity contribution in [2.75, 3.05) is 13.1 Å². The Morgan fingerprint density at radius 2 is 1.81 bits per heavy atom. The average Bonchev–Trinajstić information content (AvgIpc) is 2.68. The second-order valence-corrected chi connectivity index (χ2v) is 9.17. The van der Waals surface area contributed by atoms with Crippen LogP contribution in [0.15, 0.2) is 24.3 Å². The molecule has 0 spiro atoms. The van der Waals surface area contributed by atoms with Gasteiger partial charge >= 0.3 is 0 Å². The number of fused-ring (bicyclic) bond motifs is 1. The summed E-state index contributed by atoms with van der Waals surface area (Å²) in [5.74, 6) is 1.13. The van der Waals surface area contributed by atoms with Crippen molar-refractivity contribution in [3.8, 4) is 5.75 Å². The number of hydrogen-bond donors (Lipinski definition) is 0. The minimum atomic E-state index is 0.00869. The van der Waals surface area contributed by atoms with E-state index in [9.17, 15) is 0 Å². The van der Waals surface area contributed by atoms with Crippen molar-refractivity contribution in [2.24, 2.45) is 0 Å². The van der Waals surface area contributed by atoms with Gasteiger partial charge in [-0.1, -0.05) is 70.1 Å². The summed E-state index contributed by atoms with van der Waals surface area (Å²) in [5, 5.41) is 0. The Morgan fingerprint density at radius 1 is 1.04 bits per heavy atom. The maximum Gasteiger partial charge on any atom is 0.123 e. The third-order valence-corrected chi connectivity index (χ3v) is 6.72. The van der Waals surface area contributed by atoms with Gasteiger partial charge in [-0.05, 0) is 63.7 Å². The first-order valence-corrected chi connectivity index (χ1v) is 11.7. The van der Waals surface area contributed by atoms with E-state index in [1.54, 1.807) is 0 Å². The zero-order valence-corrected chi connectivity index (χ0v) is 17.8. The fourth-order valence-corrected chi connectivity index (χ4v) is 5.03. The van der Waals surface area contributed by atoms with Crippen molar-refractivity contribution < 1.29 is 4.74 Å². The summed E-state index contributed by atoms with van der Waals surface area (Å²) < 4.78 is 6.52. The quantitative estimate of drug-likeness (QED) is 0.421. The van der Waals surface area contributed by atoms with Gasteiger partial charge in [0.05, 0.1) is 0 Å². The van der Waals surface area contributed by atoms with E-state index in [1.807, 2.05) is 0 Å². The van der Waals surface area contributed by atoms with Crippen LogP contribution in [0, 0.1) is 0 Å². The molecule has 2 nitrogen and oxygen atoms in total. The van der Waals surface area contributed by atoms with Crippen LogP contribution >= 0.6 is 0 Å². The molecule has 0 amide bonds. The van der Waals surface area contributed by atoms with Gasteiger partial charge < -0.3 is 9.64 Å². The molecule has 1 aromatic carbocycles. The van der Waals surface area contributed by atoms with Gasteiger partial charge in [0, 0.05) is 12.5 Å². The molecule has 1 aromatic rings. The molecule has 0 aromatic heterocycles. The topological polar surface area (TPSA) is 12.5 Å². The molecule has 0 bridgehead atoms. The van der Waals surface area contributed by atoms with Crippen molar-refractivity contribution in [1.82, 2.24) is 4.90 Å². The lowest BCUT2D eigenvalue weighted by atomic mass is 9.84. The number of aryl methyl sites for hydroxylation is 1. The highest BCUT2D eigenvalue weighted by Gasteiger charge is 2.36. The van der Waals surface area contributed by atoms with E-state index in [0.717, 1.165) is 18.6 Å². The van der Waals surface area contributed by atoms with Crippen LogP contribution in [0.4, 0.5) is 0 Å². The van der Waals surface area contributed by atoms with E-state index >= 15 is 0 Å². The maximum atomic E-state index is 6.52. The first kappa shape index (κ1) is 20.7. The van der Waals surface area contributed by atoms with E-state index in [1.165, 1.54) is 89.3 Å². The smallest absolute Gasteiger partial charge is 0.123 e. The predicted molar refractivity (Wildman–Crippen MR) is 116 cm³/mol. The van der Waals surface area contributed by atoms with Crippen molar-refractivity contribution in [3.63, 3.8) is 0 Å². The summed E-state index contributed by atoms with van der Waals surface area (Å²) in [6.45, 7) is 7.24. The van der Waals surface area contributed by atoms with Crippen LogP contribution in [-0.2, 0) is 6.42 Å². The summed E-state index contributed by atoms with van der Waals surface area (Å²) in [6.07, 6.45) is 17.5. The molecule has 152 valence electrons. The molecule has 0 radical (unpaired) electrons. The Balaban J connectivity index is 1.46. The van der Waals surface area contributed by atoms with Crippen molar-refractivity contribution >= 4 is 0 Å². The van der Waals surface area contributed by atoms with E-state index in [4.69, 9.17) is 4.74 Å². The summed E-state index contributed by atoms with van der Waals surface area (Å²) in [6, 6.07) is 9.34. The fraction of sp³-hybridized carbons (Fsp3) is 0.760. The Hall–Kier alpha value is -1.02. The Labute approximate surface area is 167 Å². The van der Waals surface area contributed by atoms with Gasteiger partial charge in [0.2, 0.25) is 0 Å². The molecule has 27 heavy (non-hydrogen) atoms. The highest BCUT2D eigenvalue weighted by Crippen LogP contribution is 2.37. The van der Waals surface area contributed by atoms with Crippen molar-refractivity contribution in [1.29, 1.82) is 0 Å². The molecule has 0 N–H and O–H groups in total. The SMILES string of the molecule is CCCCCCCCCN1CCCCC1CC1(C)CCc2ccccc2O1. The summed E-state index contributed by atoms with van der Waals surface area (Å²) in [4.78, 5) is 2.80. The Morgan fingerprint density at radius 3 is 2.67 bits per heavy atom. The second-order valence-electron chi connectivity index (χ2n) is 9.17. The average molecular weight is 372 g/mol. The third kappa shape index (κ3) is 6.24. The molecule has 0 saturated carbocycles. The molecule has 3 rings (SSSR count). The Bertz CT molecular complexity index is 557. The molecular formula is C25H41NO. The predicted octanol–water partition coefficient (Wildman–Crippen LogP) is 6.77. The standard InChI is InChI=1S/C25H41NO/c1-3-4-5-6-7-8-12-19-26-20-13-11-15-23(26)21-25(2)18-17-22-14-9-10-16-24(22)27-25/h9-10,14,16,23H,3-8,11-13,15,17-21H2,1-2H3. The molecule has 2 heteroatoms. The largest absolute Gasteiger partial charge is 0.487 e. The summed E-state index contributed by atoms with van der Waals surface area (Å²) in [5.41, 5.74) is 1.40. The number of likely N-dealkylation sites (tertiary alicyclic amines) is 1. The van der Waals surface area contributed by atoms with Crippen LogP contribution in [0.25, 0.3) is 0 Å².